The van der Waals surface area contributed by atoms with E-state index in [0.29, 0.717) is 11.4 Å². The highest BCUT2D eigenvalue weighted by Crippen LogP contribution is 2.32. The topological polar surface area (TPSA) is 21.3 Å². The van der Waals surface area contributed by atoms with E-state index >= 15 is 0 Å². The molecule has 0 aliphatic rings. The largest absolute Gasteiger partial charge is 0.495 e. The Morgan fingerprint density at radius 1 is 1.22 bits per heavy atom. The zero-order valence-corrected chi connectivity index (χ0v) is 11.6. The van der Waals surface area contributed by atoms with E-state index in [1.807, 2.05) is 12.1 Å². The number of nitrogens with one attached hydrogen (secondary N) is 1. The lowest BCUT2D eigenvalue weighted by Crippen LogP contribution is -2.24. The summed E-state index contributed by atoms with van der Waals surface area (Å²) >= 11 is 0. The van der Waals surface area contributed by atoms with Gasteiger partial charge in [-0.05, 0) is 30.0 Å². The van der Waals surface area contributed by atoms with Gasteiger partial charge in [-0.15, -0.1) is 0 Å². The Morgan fingerprint density at radius 3 is 2.28 bits per heavy atom. The van der Waals surface area contributed by atoms with Crippen LogP contribution in [-0.2, 0) is 5.41 Å². The van der Waals surface area contributed by atoms with Crippen LogP contribution in [-0.4, -0.2) is 19.6 Å². The maximum Gasteiger partial charge on any atom is 0.258 e. The predicted octanol–water partition coefficient (Wildman–Crippen LogP) is 4.06. The third-order valence-corrected chi connectivity index (χ3v) is 2.83. The number of rotatable bonds is 4. The second-order valence-electron chi connectivity index (χ2n) is 5.43. The van der Waals surface area contributed by atoms with Crippen molar-refractivity contribution < 1.29 is 13.5 Å². The number of methoxy groups -OCH3 is 1. The predicted molar refractivity (Wildman–Crippen MR) is 70.8 cm³/mol. The summed E-state index contributed by atoms with van der Waals surface area (Å²) in [5, 5.41) is 2.80. The monoisotopic (exact) mass is 257 g/mol. The summed E-state index contributed by atoms with van der Waals surface area (Å²) in [7, 11) is 1.53. The van der Waals surface area contributed by atoms with Gasteiger partial charge in [-0.25, -0.2) is 8.78 Å². The van der Waals surface area contributed by atoms with Gasteiger partial charge < -0.3 is 10.1 Å². The van der Waals surface area contributed by atoms with Gasteiger partial charge in [0.25, 0.3) is 6.43 Å². The maximum absolute atomic E-state index is 12.6. The molecular formula is C14H21F2NO. The Hall–Kier alpha value is -1.32. The lowest BCUT2D eigenvalue weighted by Gasteiger charge is -2.23. The highest BCUT2D eigenvalue weighted by molar-refractivity contribution is 5.59. The van der Waals surface area contributed by atoms with Crippen LogP contribution < -0.4 is 10.1 Å². The molecule has 0 heterocycles. The van der Waals surface area contributed by atoms with E-state index in [2.05, 4.69) is 26.1 Å². The quantitative estimate of drug-likeness (QED) is 0.878. The van der Waals surface area contributed by atoms with Gasteiger partial charge in [-0.1, -0.05) is 26.8 Å². The number of hydrogen-bond donors (Lipinski definition) is 1. The summed E-state index contributed by atoms with van der Waals surface area (Å²) in [5.41, 5.74) is 1.65. The van der Waals surface area contributed by atoms with Crippen molar-refractivity contribution in [1.29, 1.82) is 0 Å². The maximum atomic E-state index is 12.6. The normalized spacial score (nSPS) is 13.6. The van der Waals surface area contributed by atoms with Gasteiger partial charge in [-0.2, -0.15) is 0 Å². The smallest absolute Gasteiger partial charge is 0.258 e. The third kappa shape index (κ3) is 3.59. The molecule has 1 aromatic carbocycles. The van der Waals surface area contributed by atoms with Crippen LogP contribution in [0.4, 0.5) is 14.5 Å². The van der Waals surface area contributed by atoms with Crippen molar-refractivity contribution in [3.63, 3.8) is 0 Å². The first kappa shape index (κ1) is 14.7. The summed E-state index contributed by atoms with van der Waals surface area (Å²) in [5.74, 6) is 0.579. The lowest BCUT2D eigenvalue weighted by molar-refractivity contribution is 0.130. The molecule has 0 aliphatic heterocycles. The number of ether oxygens (including phenoxy) is 1. The summed E-state index contributed by atoms with van der Waals surface area (Å²) in [6, 6.07) is 4.73. The van der Waals surface area contributed by atoms with Crippen LogP contribution in [0.15, 0.2) is 18.2 Å². The molecule has 1 atom stereocenters. The SMILES string of the molecule is COc1ccc(C(C)(C)C)cc1NC(C)C(F)F. The van der Waals surface area contributed by atoms with Crippen LogP contribution in [0, 0.1) is 0 Å². The molecule has 0 aromatic heterocycles. The molecule has 0 radical (unpaired) electrons. The first-order valence-electron chi connectivity index (χ1n) is 5.99. The number of hydrogen-bond acceptors (Lipinski definition) is 2. The van der Waals surface area contributed by atoms with Crippen LogP contribution in [0.3, 0.4) is 0 Å². The molecule has 18 heavy (non-hydrogen) atoms. The zero-order valence-electron chi connectivity index (χ0n) is 11.6. The average Bonchev–Trinajstić information content (AvgIpc) is 2.27. The minimum absolute atomic E-state index is 0.0310. The molecule has 0 bridgehead atoms. The molecule has 0 aliphatic carbocycles. The molecule has 0 fully saturated rings. The number of anilines is 1. The van der Waals surface area contributed by atoms with Crippen molar-refractivity contribution in [3.05, 3.63) is 23.8 Å². The van der Waals surface area contributed by atoms with Gasteiger partial charge in [0, 0.05) is 0 Å². The van der Waals surface area contributed by atoms with E-state index in [1.165, 1.54) is 14.0 Å². The van der Waals surface area contributed by atoms with Crippen molar-refractivity contribution in [3.8, 4) is 5.75 Å². The van der Waals surface area contributed by atoms with Gasteiger partial charge in [0.2, 0.25) is 0 Å². The highest BCUT2D eigenvalue weighted by atomic mass is 19.3. The molecule has 1 rings (SSSR count). The summed E-state index contributed by atoms with van der Waals surface area (Å²) in [6.45, 7) is 7.69. The van der Waals surface area contributed by atoms with Crippen LogP contribution >= 0.6 is 0 Å². The van der Waals surface area contributed by atoms with Crippen molar-refractivity contribution in [2.24, 2.45) is 0 Å². The van der Waals surface area contributed by atoms with E-state index in [4.69, 9.17) is 4.74 Å². The average molecular weight is 257 g/mol. The fourth-order valence-electron chi connectivity index (χ4n) is 1.60. The van der Waals surface area contributed by atoms with Gasteiger partial charge in [-0.3, -0.25) is 0 Å². The molecule has 2 nitrogen and oxygen atoms in total. The molecular weight excluding hydrogens is 236 g/mol. The molecule has 1 aromatic rings. The third-order valence-electron chi connectivity index (χ3n) is 2.83. The fraction of sp³-hybridized carbons (Fsp3) is 0.571. The minimum atomic E-state index is -2.41. The van der Waals surface area contributed by atoms with E-state index in [0.717, 1.165) is 5.56 Å². The second-order valence-corrected chi connectivity index (χ2v) is 5.43. The van der Waals surface area contributed by atoms with Crippen molar-refractivity contribution in [2.45, 2.75) is 45.6 Å². The van der Waals surface area contributed by atoms with E-state index in [-0.39, 0.29) is 5.41 Å². The van der Waals surface area contributed by atoms with E-state index in [9.17, 15) is 8.78 Å². The van der Waals surface area contributed by atoms with E-state index in [1.54, 1.807) is 6.07 Å². The Bertz CT molecular complexity index is 399. The molecule has 4 heteroatoms. The molecule has 0 saturated heterocycles. The highest BCUT2D eigenvalue weighted by Gasteiger charge is 2.19. The Labute approximate surface area is 107 Å². The fourth-order valence-corrected chi connectivity index (χ4v) is 1.60. The number of halogens is 2. The number of benzene rings is 1. The molecule has 102 valence electrons. The van der Waals surface area contributed by atoms with E-state index < -0.39 is 12.5 Å². The summed E-state index contributed by atoms with van der Waals surface area (Å²) in [4.78, 5) is 0. The van der Waals surface area contributed by atoms with Gasteiger partial charge >= 0.3 is 0 Å². The summed E-state index contributed by atoms with van der Waals surface area (Å²) < 4.78 is 30.3. The van der Waals surface area contributed by atoms with Crippen LogP contribution in [0.5, 0.6) is 5.75 Å². The summed E-state index contributed by atoms with van der Waals surface area (Å²) in [6.07, 6.45) is -2.41. The zero-order chi connectivity index (χ0) is 13.9. The van der Waals surface area contributed by atoms with Gasteiger partial charge in [0.1, 0.15) is 5.75 Å². The molecule has 0 amide bonds. The van der Waals surface area contributed by atoms with Crippen LogP contribution in [0.2, 0.25) is 0 Å². The molecule has 0 spiro atoms. The second kappa shape index (κ2) is 5.55. The van der Waals surface area contributed by atoms with Crippen molar-refractivity contribution >= 4 is 5.69 Å². The molecule has 1 N–H and O–H groups in total. The van der Waals surface area contributed by atoms with Crippen LogP contribution in [0.1, 0.15) is 33.3 Å². The Morgan fingerprint density at radius 2 is 1.83 bits per heavy atom. The first-order chi connectivity index (χ1) is 8.25. The standard InChI is InChI=1S/C14H21F2NO/c1-9(13(15)16)17-11-8-10(14(2,3)4)6-7-12(11)18-5/h6-9,13,17H,1-5H3. The Kier molecular flexibility index (Phi) is 4.54. The van der Waals surface area contributed by atoms with Crippen LogP contribution in [0.25, 0.3) is 0 Å². The van der Waals surface area contributed by atoms with Gasteiger partial charge in [0.05, 0.1) is 18.8 Å². The Balaban J connectivity index is 3.07. The van der Waals surface area contributed by atoms with Gasteiger partial charge in [0.15, 0.2) is 0 Å². The number of alkyl halides is 2. The molecule has 1 unspecified atom stereocenters. The van der Waals surface area contributed by atoms with Crippen molar-refractivity contribution in [2.75, 3.05) is 12.4 Å². The molecule has 0 saturated carbocycles. The lowest BCUT2D eigenvalue weighted by atomic mass is 9.87. The first-order valence-corrected chi connectivity index (χ1v) is 5.99. The van der Waals surface area contributed by atoms with Crippen molar-refractivity contribution in [1.82, 2.24) is 0 Å². The minimum Gasteiger partial charge on any atom is -0.495 e.